The summed E-state index contributed by atoms with van der Waals surface area (Å²) < 4.78 is 9.18. The summed E-state index contributed by atoms with van der Waals surface area (Å²) in [6, 6.07) is 79.8. The van der Waals surface area contributed by atoms with E-state index < -0.39 is 5.41 Å². The quantitative estimate of drug-likeness (QED) is 0.178. The first-order chi connectivity index (χ1) is 29.8. The van der Waals surface area contributed by atoms with Gasteiger partial charge >= 0.3 is 0 Å². The van der Waals surface area contributed by atoms with E-state index in [2.05, 4.69) is 228 Å². The van der Waals surface area contributed by atoms with Crippen LogP contribution in [-0.2, 0) is 5.41 Å². The Bertz CT molecular complexity index is 3490. The number of nitrogens with zero attached hydrogens (tertiary/aromatic N) is 2. The molecule has 0 radical (unpaired) electrons. The monoisotopic (exact) mass is 764 g/mol. The van der Waals surface area contributed by atoms with E-state index in [9.17, 15) is 0 Å². The highest BCUT2D eigenvalue weighted by Gasteiger charge is 2.49. The zero-order valence-electron chi connectivity index (χ0n) is 32.6. The lowest BCUT2D eigenvalue weighted by atomic mass is 9.58. The van der Waals surface area contributed by atoms with E-state index in [1.807, 2.05) is 0 Å². The van der Waals surface area contributed by atoms with Crippen molar-refractivity contribution in [1.82, 2.24) is 4.57 Å². The van der Waals surface area contributed by atoms with Crippen LogP contribution < -0.4 is 9.64 Å². The molecule has 0 N–H and O–H groups in total. The van der Waals surface area contributed by atoms with Crippen LogP contribution in [0.15, 0.2) is 218 Å². The van der Waals surface area contributed by atoms with E-state index in [0.29, 0.717) is 0 Å². The van der Waals surface area contributed by atoms with E-state index in [1.54, 1.807) is 0 Å². The zero-order chi connectivity index (χ0) is 39.4. The molecule has 60 heavy (non-hydrogen) atoms. The van der Waals surface area contributed by atoms with E-state index in [4.69, 9.17) is 4.74 Å². The molecule has 10 aromatic carbocycles. The lowest BCUT2D eigenvalue weighted by molar-refractivity contribution is 0.435. The SMILES string of the molecule is c1ccc(N(c2ccc3c(c2)C2(c4ccccc4Oc4ccccc42)c2cccc4cccc-3c24)c2ccc3c(c2)c2ccccc2n3-c2cccc3ccccc23)cc1. The standard InChI is InChI=1S/C57H36N2O/c1-2-19-39(20-3-1)58(40-32-34-53-46(35-40)44-22-6-9-27-52(44)59(53)51-28-14-16-37-15-4-5-21-42(37)51)41-31-33-43-45-23-12-17-38-18-13-26-49(56(38)45)57(50(43)36-41)47-24-7-10-29-54(47)60-55-30-11-8-25-48(55)57/h1-36H. The van der Waals surface area contributed by atoms with Gasteiger partial charge in [-0.2, -0.15) is 0 Å². The van der Waals surface area contributed by atoms with Crippen LogP contribution in [-0.4, -0.2) is 4.57 Å². The summed E-state index contributed by atoms with van der Waals surface area (Å²) in [6.07, 6.45) is 0. The van der Waals surface area contributed by atoms with Crippen molar-refractivity contribution in [1.29, 1.82) is 0 Å². The second-order valence-electron chi connectivity index (χ2n) is 16.0. The predicted octanol–water partition coefficient (Wildman–Crippen LogP) is 15.0. The summed E-state index contributed by atoms with van der Waals surface area (Å²) in [5.74, 6) is 1.77. The number of hydrogen-bond acceptors (Lipinski definition) is 2. The molecule has 1 aliphatic carbocycles. The first-order valence-corrected chi connectivity index (χ1v) is 20.7. The Kier molecular flexibility index (Phi) is 6.93. The topological polar surface area (TPSA) is 17.4 Å². The van der Waals surface area contributed by atoms with Gasteiger partial charge in [0.2, 0.25) is 0 Å². The molecule has 1 aliphatic heterocycles. The molecule has 0 amide bonds. The Morgan fingerprint density at radius 3 is 1.80 bits per heavy atom. The summed E-state index contributed by atoms with van der Waals surface area (Å²) in [7, 11) is 0. The van der Waals surface area contributed by atoms with Gasteiger partial charge in [0.15, 0.2) is 0 Å². The Morgan fingerprint density at radius 2 is 0.967 bits per heavy atom. The third-order valence-corrected chi connectivity index (χ3v) is 13.0. The average molecular weight is 765 g/mol. The average Bonchev–Trinajstić information content (AvgIpc) is 3.64. The molecular formula is C57H36N2O. The van der Waals surface area contributed by atoms with Crippen molar-refractivity contribution in [2.24, 2.45) is 0 Å². The molecule has 13 rings (SSSR count). The number of para-hydroxylation sites is 4. The molecule has 0 fully saturated rings. The van der Waals surface area contributed by atoms with Crippen LogP contribution in [0.3, 0.4) is 0 Å². The van der Waals surface area contributed by atoms with Gasteiger partial charge in [0.25, 0.3) is 0 Å². The molecule has 0 bridgehead atoms. The summed E-state index contributed by atoms with van der Waals surface area (Å²) in [6.45, 7) is 0. The molecule has 0 saturated heterocycles. The van der Waals surface area contributed by atoms with Crippen LogP contribution >= 0.6 is 0 Å². The highest BCUT2D eigenvalue weighted by atomic mass is 16.5. The van der Waals surface area contributed by atoms with Crippen LogP contribution in [0.5, 0.6) is 11.5 Å². The Balaban J connectivity index is 1.10. The maximum Gasteiger partial charge on any atom is 0.132 e. The molecule has 2 heterocycles. The van der Waals surface area contributed by atoms with E-state index >= 15 is 0 Å². The van der Waals surface area contributed by atoms with Gasteiger partial charge < -0.3 is 14.2 Å². The molecular weight excluding hydrogens is 729 g/mol. The van der Waals surface area contributed by atoms with Gasteiger partial charge in [-0.25, -0.2) is 0 Å². The van der Waals surface area contributed by atoms with Crippen LogP contribution in [0.25, 0.3) is 60.2 Å². The molecule has 280 valence electrons. The Morgan fingerprint density at radius 1 is 0.367 bits per heavy atom. The summed E-state index contributed by atoms with van der Waals surface area (Å²) >= 11 is 0. The highest BCUT2D eigenvalue weighted by molar-refractivity contribution is 6.12. The first-order valence-electron chi connectivity index (χ1n) is 20.7. The van der Waals surface area contributed by atoms with Gasteiger partial charge in [0.1, 0.15) is 11.5 Å². The van der Waals surface area contributed by atoms with Crippen molar-refractivity contribution in [3.8, 4) is 28.3 Å². The Labute approximate surface area is 347 Å². The predicted molar refractivity (Wildman–Crippen MR) is 248 cm³/mol. The molecule has 11 aromatic rings. The number of ether oxygens (including phenoxy) is 1. The molecule has 1 spiro atoms. The van der Waals surface area contributed by atoms with Crippen molar-refractivity contribution < 1.29 is 4.74 Å². The second kappa shape index (κ2) is 12.6. The third-order valence-electron chi connectivity index (χ3n) is 13.0. The number of fused-ring (bicyclic) bond motifs is 12. The van der Waals surface area contributed by atoms with Gasteiger partial charge in [0, 0.05) is 44.3 Å². The molecule has 3 heteroatoms. The fraction of sp³-hybridized carbons (Fsp3) is 0.0175. The van der Waals surface area contributed by atoms with Crippen LogP contribution in [0.4, 0.5) is 17.1 Å². The number of rotatable bonds is 4. The summed E-state index contributed by atoms with van der Waals surface area (Å²) in [4.78, 5) is 2.43. The van der Waals surface area contributed by atoms with E-state index in [1.165, 1.54) is 71.3 Å². The maximum absolute atomic E-state index is 6.74. The number of anilines is 3. The molecule has 2 aliphatic rings. The molecule has 0 atom stereocenters. The number of benzene rings is 10. The van der Waals surface area contributed by atoms with Crippen molar-refractivity contribution in [2.45, 2.75) is 5.41 Å². The second-order valence-corrected chi connectivity index (χ2v) is 16.0. The Hall–Kier alpha value is -7.88. The minimum atomic E-state index is -0.636. The summed E-state index contributed by atoms with van der Waals surface area (Å²) in [5.41, 5.74) is 13.5. The van der Waals surface area contributed by atoms with Crippen LogP contribution in [0.1, 0.15) is 22.3 Å². The number of hydrogen-bond donors (Lipinski definition) is 0. The highest BCUT2D eigenvalue weighted by Crippen LogP contribution is 2.61. The number of aromatic nitrogens is 1. The summed E-state index contributed by atoms with van der Waals surface area (Å²) in [5, 5.41) is 7.42. The van der Waals surface area contributed by atoms with E-state index in [-0.39, 0.29) is 0 Å². The molecule has 0 saturated carbocycles. The van der Waals surface area contributed by atoms with Crippen molar-refractivity contribution in [3.05, 3.63) is 241 Å². The van der Waals surface area contributed by atoms with Crippen LogP contribution in [0, 0.1) is 0 Å². The molecule has 0 unspecified atom stereocenters. The fourth-order valence-corrected chi connectivity index (χ4v) is 10.6. The molecule has 1 aromatic heterocycles. The fourth-order valence-electron chi connectivity index (χ4n) is 10.6. The smallest absolute Gasteiger partial charge is 0.132 e. The minimum Gasteiger partial charge on any atom is -0.457 e. The zero-order valence-corrected chi connectivity index (χ0v) is 32.6. The van der Waals surface area contributed by atoms with Gasteiger partial charge in [-0.15, -0.1) is 0 Å². The third kappa shape index (κ3) is 4.49. The minimum absolute atomic E-state index is 0.636. The van der Waals surface area contributed by atoms with Gasteiger partial charge in [-0.1, -0.05) is 152 Å². The van der Waals surface area contributed by atoms with Crippen molar-refractivity contribution in [3.63, 3.8) is 0 Å². The van der Waals surface area contributed by atoms with Crippen molar-refractivity contribution in [2.75, 3.05) is 4.90 Å². The molecule has 3 nitrogen and oxygen atoms in total. The normalized spacial score (nSPS) is 13.3. The van der Waals surface area contributed by atoms with Crippen molar-refractivity contribution >= 4 is 60.4 Å². The largest absolute Gasteiger partial charge is 0.457 e. The van der Waals surface area contributed by atoms with Gasteiger partial charge in [-0.3, -0.25) is 0 Å². The van der Waals surface area contributed by atoms with Gasteiger partial charge in [0.05, 0.1) is 22.1 Å². The lowest BCUT2D eigenvalue weighted by Crippen LogP contribution is -2.36. The van der Waals surface area contributed by atoms with E-state index in [0.717, 1.165) is 39.7 Å². The van der Waals surface area contributed by atoms with Gasteiger partial charge in [-0.05, 0) is 105 Å². The lowest BCUT2D eigenvalue weighted by Gasteiger charge is -2.45. The first kappa shape index (κ1) is 33.1. The van der Waals surface area contributed by atoms with Crippen LogP contribution in [0.2, 0.25) is 0 Å². The maximum atomic E-state index is 6.74.